The van der Waals surface area contributed by atoms with Crippen molar-refractivity contribution in [3.63, 3.8) is 0 Å². The van der Waals surface area contributed by atoms with Crippen molar-refractivity contribution in [2.75, 3.05) is 13.6 Å². The van der Waals surface area contributed by atoms with Crippen LogP contribution in [0, 0.1) is 0 Å². The Hall–Kier alpha value is 0.350. The molecular weight excluding hydrogens is 167 g/mol. The van der Waals surface area contributed by atoms with Gasteiger partial charge in [0.05, 0.1) is 0 Å². The molecule has 0 aliphatic carbocycles. The summed E-state index contributed by atoms with van der Waals surface area (Å²) in [5.74, 6) is 0.496. The molecule has 1 fully saturated rings. The lowest BCUT2D eigenvalue weighted by atomic mass is 10.0. The monoisotopic (exact) mass is 188 g/mol. The van der Waals surface area contributed by atoms with Gasteiger partial charge in [-0.2, -0.15) is 0 Å². The van der Waals surface area contributed by atoms with Crippen molar-refractivity contribution in [3.05, 3.63) is 0 Å². The van der Waals surface area contributed by atoms with Gasteiger partial charge in [0.1, 0.15) is 0 Å². The van der Waals surface area contributed by atoms with Crippen LogP contribution in [0.1, 0.15) is 27.2 Å². The summed E-state index contributed by atoms with van der Waals surface area (Å²) in [5, 5.41) is 0.526. The Balaban J connectivity index is 2.31. The van der Waals surface area contributed by atoms with Crippen molar-refractivity contribution in [2.24, 2.45) is 5.73 Å². The lowest BCUT2D eigenvalue weighted by Crippen LogP contribution is -2.49. The van der Waals surface area contributed by atoms with Crippen molar-refractivity contribution in [1.82, 2.24) is 4.90 Å². The van der Waals surface area contributed by atoms with Gasteiger partial charge in [-0.05, 0) is 27.3 Å². The lowest BCUT2D eigenvalue weighted by molar-refractivity contribution is 0.235. The minimum absolute atomic E-state index is 0.496. The van der Waals surface area contributed by atoms with E-state index in [1.54, 1.807) is 0 Å². The summed E-state index contributed by atoms with van der Waals surface area (Å²) in [6.07, 6.45) is 1.21. The Bertz CT molecular complexity index is 153. The Kier molecular flexibility index (Phi) is 3.14. The Morgan fingerprint density at radius 1 is 1.67 bits per heavy atom. The van der Waals surface area contributed by atoms with E-state index in [0.717, 1.165) is 8.58 Å². The number of nitrogens with zero attached hydrogens (tertiary/aromatic N) is 1. The van der Waals surface area contributed by atoms with Gasteiger partial charge in [0.25, 0.3) is 0 Å². The van der Waals surface area contributed by atoms with E-state index < -0.39 is 0 Å². The van der Waals surface area contributed by atoms with Crippen LogP contribution in [0.2, 0.25) is 0 Å². The molecule has 0 aromatic carbocycles. The van der Waals surface area contributed by atoms with Gasteiger partial charge in [-0.1, -0.05) is 15.5 Å². The average Bonchev–Trinajstić information content (AvgIpc) is 1.83. The van der Waals surface area contributed by atoms with Crippen molar-refractivity contribution < 1.29 is 0 Å². The minimum atomic E-state index is 0.496. The van der Waals surface area contributed by atoms with Gasteiger partial charge < -0.3 is 10.6 Å². The fourth-order valence-corrected chi connectivity index (χ4v) is 3.52. The second-order valence-electron chi connectivity index (χ2n) is 4.52. The molecule has 1 heterocycles. The maximum Gasteiger partial charge on any atom is 0.0228 e. The molecule has 0 spiro atoms. The van der Waals surface area contributed by atoms with Gasteiger partial charge in [0, 0.05) is 23.5 Å². The van der Waals surface area contributed by atoms with Crippen LogP contribution in [0.5, 0.6) is 0 Å². The molecule has 0 bridgehead atoms. The maximum atomic E-state index is 5.80. The van der Waals surface area contributed by atoms with Crippen molar-refractivity contribution in [3.8, 4) is 0 Å². The molecular formula is C9H21N2P. The number of hydrogen-bond acceptors (Lipinski definition) is 2. The normalized spacial score (nSPS) is 37.8. The zero-order valence-electron chi connectivity index (χ0n) is 8.59. The van der Waals surface area contributed by atoms with Crippen LogP contribution < -0.4 is 5.73 Å². The van der Waals surface area contributed by atoms with E-state index in [1.165, 1.54) is 13.0 Å². The first kappa shape index (κ1) is 10.4. The molecule has 0 aromatic rings. The third kappa shape index (κ3) is 2.42. The van der Waals surface area contributed by atoms with E-state index in [4.69, 9.17) is 5.73 Å². The lowest BCUT2D eigenvalue weighted by Gasteiger charge is -2.46. The first-order valence-electron chi connectivity index (χ1n) is 4.66. The summed E-state index contributed by atoms with van der Waals surface area (Å²) < 4.78 is 0. The number of rotatable bonds is 3. The van der Waals surface area contributed by atoms with Crippen LogP contribution in [0.25, 0.3) is 0 Å². The molecule has 0 saturated carbocycles. The molecule has 2 N–H and O–H groups in total. The highest BCUT2D eigenvalue weighted by atomic mass is 31.1. The molecule has 0 radical (unpaired) electrons. The molecule has 2 nitrogen and oxygen atoms in total. The minimum Gasteiger partial charge on any atom is -0.324 e. The highest BCUT2D eigenvalue weighted by Gasteiger charge is 2.38. The summed E-state index contributed by atoms with van der Waals surface area (Å²) in [7, 11) is 3.16. The molecule has 0 aromatic heterocycles. The fourth-order valence-electron chi connectivity index (χ4n) is 1.76. The molecule has 1 aliphatic heterocycles. The zero-order chi connectivity index (χ0) is 9.35. The quantitative estimate of drug-likeness (QED) is 0.679. The van der Waals surface area contributed by atoms with Crippen LogP contribution in [0.15, 0.2) is 0 Å². The van der Waals surface area contributed by atoms with E-state index in [1.807, 2.05) is 0 Å². The van der Waals surface area contributed by atoms with E-state index in [-0.39, 0.29) is 0 Å². The standard InChI is InChI=1S/C9H21N2P/c1-7(2)11(4)6-9(3)5-8(10)12-9/h7-8,12H,5-6,10H2,1-4H3. The number of nitrogens with two attached hydrogens (primary N) is 1. The smallest absolute Gasteiger partial charge is 0.0228 e. The van der Waals surface area contributed by atoms with Gasteiger partial charge in [-0.15, -0.1) is 0 Å². The van der Waals surface area contributed by atoms with Gasteiger partial charge in [0.2, 0.25) is 0 Å². The predicted octanol–water partition coefficient (Wildman–Crippen LogP) is 1.45. The summed E-state index contributed by atoms with van der Waals surface area (Å²) in [4.78, 5) is 2.42. The number of hydrogen-bond donors (Lipinski definition) is 1. The molecule has 0 amide bonds. The third-order valence-corrected chi connectivity index (χ3v) is 4.32. The topological polar surface area (TPSA) is 29.3 Å². The van der Waals surface area contributed by atoms with Crippen LogP contribution >= 0.6 is 8.58 Å². The molecule has 1 saturated heterocycles. The Morgan fingerprint density at radius 3 is 2.50 bits per heavy atom. The third-order valence-electron chi connectivity index (χ3n) is 2.68. The molecule has 1 rings (SSSR count). The van der Waals surface area contributed by atoms with Crippen LogP contribution in [-0.4, -0.2) is 35.5 Å². The highest BCUT2D eigenvalue weighted by molar-refractivity contribution is 7.42. The van der Waals surface area contributed by atoms with E-state index in [2.05, 4.69) is 32.7 Å². The van der Waals surface area contributed by atoms with Crippen LogP contribution in [-0.2, 0) is 0 Å². The highest BCUT2D eigenvalue weighted by Crippen LogP contribution is 2.50. The van der Waals surface area contributed by atoms with Gasteiger partial charge in [-0.3, -0.25) is 0 Å². The maximum absolute atomic E-state index is 5.80. The predicted molar refractivity (Wildman–Crippen MR) is 57.1 cm³/mol. The second kappa shape index (κ2) is 3.61. The summed E-state index contributed by atoms with van der Waals surface area (Å²) in [5.41, 5.74) is 5.80. The van der Waals surface area contributed by atoms with Crippen molar-refractivity contribution in [2.45, 2.75) is 44.2 Å². The van der Waals surface area contributed by atoms with Crippen LogP contribution in [0.3, 0.4) is 0 Å². The van der Waals surface area contributed by atoms with Crippen LogP contribution in [0.4, 0.5) is 0 Å². The Labute approximate surface area is 77.7 Å². The van der Waals surface area contributed by atoms with E-state index in [0.29, 0.717) is 17.0 Å². The molecule has 12 heavy (non-hydrogen) atoms. The molecule has 3 atom stereocenters. The largest absolute Gasteiger partial charge is 0.324 e. The van der Waals surface area contributed by atoms with E-state index >= 15 is 0 Å². The first-order chi connectivity index (χ1) is 5.43. The summed E-state index contributed by atoms with van der Waals surface area (Å²) in [6.45, 7) is 8.04. The second-order valence-corrected chi connectivity index (χ2v) is 6.76. The molecule has 1 aliphatic rings. The Morgan fingerprint density at radius 2 is 2.17 bits per heavy atom. The zero-order valence-corrected chi connectivity index (χ0v) is 9.59. The molecule has 3 unspecified atom stereocenters. The SMILES string of the molecule is CC(C)N(C)CC1(C)CC(N)P1. The van der Waals surface area contributed by atoms with Crippen molar-refractivity contribution in [1.29, 1.82) is 0 Å². The summed E-state index contributed by atoms with van der Waals surface area (Å²) in [6, 6.07) is 0.656. The molecule has 3 heteroatoms. The fraction of sp³-hybridized carbons (Fsp3) is 1.00. The van der Waals surface area contributed by atoms with Crippen molar-refractivity contribution >= 4 is 8.58 Å². The summed E-state index contributed by atoms with van der Waals surface area (Å²) >= 11 is 0. The van der Waals surface area contributed by atoms with Gasteiger partial charge in [0.15, 0.2) is 0 Å². The van der Waals surface area contributed by atoms with Gasteiger partial charge >= 0.3 is 0 Å². The van der Waals surface area contributed by atoms with E-state index in [9.17, 15) is 0 Å². The first-order valence-corrected chi connectivity index (χ1v) is 5.74. The molecule has 72 valence electrons. The van der Waals surface area contributed by atoms with Gasteiger partial charge in [-0.25, -0.2) is 0 Å². The average molecular weight is 188 g/mol.